The van der Waals surface area contributed by atoms with Crippen molar-refractivity contribution in [1.29, 1.82) is 0 Å². The average molecular weight is 331 g/mol. The first-order chi connectivity index (χ1) is 12.1. The Kier molecular flexibility index (Phi) is 3.69. The highest BCUT2D eigenvalue weighted by molar-refractivity contribution is 6.02. The summed E-state index contributed by atoms with van der Waals surface area (Å²) in [7, 11) is 1.77. The molecule has 0 atom stereocenters. The lowest BCUT2D eigenvalue weighted by Gasteiger charge is -2.11. The minimum atomic E-state index is -0.101. The molecule has 0 radical (unpaired) electrons. The molecule has 2 aromatic carbocycles. The van der Waals surface area contributed by atoms with Crippen LogP contribution >= 0.6 is 0 Å². The van der Waals surface area contributed by atoms with Crippen molar-refractivity contribution in [3.63, 3.8) is 0 Å². The van der Waals surface area contributed by atoms with E-state index < -0.39 is 0 Å². The highest BCUT2D eigenvalue weighted by atomic mass is 16.2. The number of benzene rings is 2. The smallest absolute Gasteiger partial charge is 0.231 e. The maximum atomic E-state index is 12.4. The minimum Gasteiger partial charge on any atom is -0.324 e. The Labute approximate surface area is 145 Å². The zero-order valence-electron chi connectivity index (χ0n) is 13.8. The van der Waals surface area contributed by atoms with Gasteiger partial charge in [-0.15, -0.1) is 0 Å². The highest BCUT2D eigenvalue weighted by Crippen LogP contribution is 2.28. The van der Waals surface area contributed by atoms with Crippen LogP contribution in [0.2, 0.25) is 0 Å². The van der Waals surface area contributed by atoms with Crippen LogP contribution in [0.1, 0.15) is 11.1 Å². The van der Waals surface area contributed by atoms with E-state index in [-0.39, 0.29) is 18.2 Å². The number of likely N-dealkylation sites (N-methyl/N-ethyl adjacent to an activating group) is 1. The third kappa shape index (κ3) is 2.85. The van der Waals surface area contributed by atoms with Crippen molar-refractivity contribution in [1.82, 2.24) is 4.98 Å². The number of para-hydroxylation sites is 1. The van der Waals surface area contributed by atoms with Gasteiger partial charge in [-0.2, -0.15) is 0 Å². The lowest BCUT2D eigenvalue weighted by Crippen LogP contribution is -2.20. The van der Waals surface area contributed by atoms with E-state index in [0.717, 1.165) is 27.7 Å². The van der Waals surface area contributed by atoms with Gasteiger partial charge in [0.1, 0.15) is 0 Å². The Bertz CT molecular complexity index is 992. The number of nitrogens with zero attached hydrogens (tertiary/aromatic N) is 2. The number of aromatic nitrogens is 1. The Balaban J connectivity index is 1.53. The molecule has 3 aromatic rings. The van der Waals surface area contributed by atoms with E-state index in [1.165, 1.54) is 0 Å². The van der Waals surface area contributed by atoms with Gasteiger partial charge in [-0.1, -0.05) is 30.3 Å². The number of anilines is 2. The Morgan fingerprint density at radius 3 is 2.92 bits per heavy atom. The first-order valence-electron chi connectivity index (χ1n) is 8.14. The molecule has 2 heterocycles. The second kappa shape index (κ2) is 6.02. The summed E-state index contributed by atoms with van der Waals surface area (Å²) in [5, 5.41) is 3.93. The van der Waals surface area contributed by atoms with Gasteiger partial charge in [0, 0.05) is 24.3 Å². The molecule has 0 bridgehead atoms. The molecular weight excluding hydrogens is 314 g/mol. The molecule has 0 saturated heterocycles. The van der Waals surface area contributed by atoms with Gasteiger partial charge in [0.2, 0.25) is 11.8 Å². The minimum absolute atomic E-state index is 0.0819. The summed E-state index contributed by atoms with van der Waals surface area (Å²) in [5.41, 5.74) is 4.28. The normalized spacial score (nSPS) is 13.2. The average Bonchev–Trinajstić information content (AvgIpc) is 2.89. The Hall–Kier alpha value is -3.21. The van der Waals surface area contributed by atoms with E-state index in [9.17, 15) is 9.59 Å². The quantitative estimate of drug-likeness (QED) is 0.803. The molecule has 0 spiro atoms. The molecule has 5 heteroatoms. The second-order valence-corrected chi connectivity index (χ2v) is 6.20. The van der Waals surface area contributed by atoms with Gasteiger partial charge < -0.3 is 10.2 Å². The third-order valence-electron chi connectivity index (χ3n) is 4.49. The van der Waals surface area contributed by atoms with Crippen molar-refractivity contribution >= 4 is 34.1 Å². The Morgan fingerprint density at radius 2 is 2.04 bits per heavy atom. The number of nitrogens with one attached hydrogen (secondary N) is 1. The number of amides is 2. The largest absolute Gasteiger partial charge is 0.324 e. The molecule has 25 heavy (non-hydrogen) atoms. The predicted octanol–water partition coefficient (Wildman–Crippen LogP) is 2.93. The molecule has 0 fully saturated rings. The van der Waals surface area contributed by atoms with E-state index in [2.05, 4.69) is 10.3 Å². The van der Waals surface area contributed by atoms with Crippen molar-refractivity contribution in [2.75, 3.05) is 17.3 Å². The van der Waals surface area contributed by atoms with Crippen molar-refractivity contribution in [3.8, 4) is 0 Å². The van der Waals surface area contributed by atoms with Gasteiger partial charge in [0.15, 0.2) is 0 Å². The zero-order chi connectivity index (χ0) is 17.4. The monoisotopic (exact) mass is 331 g/mol. The summed E-state index contributed by atoms with van der Waals surface area (Å²) in [6.45, 7) is 0. The van der Waals surface area contributed by atoms with Crippen LogP contribution in [0.15, 0.2) is 54.7 Å². The SMILES string of the molecule is CN1C(=O)Cc2cc(CC(=O)Nc3cccc4cccnc34)ccc21. The van der Waals surface area contributed by atoms with Crippen LogP contribution in [0, 0.1) is 0 Å². The van der Waals surface area contributed by atoms with Crippen LogP contribution in [0.5, 0.6) is 0 Å². The van der Waals surface area contributed by atoms with Crippen LogP contribution in [0.4, 0.5) is 11.4 Å². The molecule has 0 unspecified atom stereocenters. The van der Waals surface area contributed by atoms with Crippen molar-refractivity contribution in [2.24, 2.45) is 0 Å². The number of carbonyl (C=O) groups excluding carboxylic acids is 2. The molecule has 2 amide bonds. The van der Waals surface area contributed by atoms with Crippen molar-refractivity contribution in [3.05, 3.63) is 65.9 Å². The van der Waals surface area contributed by atoms with Crippen LogP contribution in [0.25, 0.3) is 10.9 Å². The molecule has 0 aliphatic carbocycles. The molecule has 124 valence electrons. The summed E-state index contributed by atoms with van der Waals surface area (Å²) >= 11 is 0. The third-order valence-corrected chi connectivity index (χ3v) is 4.49. The van der Waals surface area contributed by atoms with Gasteiger partial charge in [-0.05, 0) is 29.3 Å². The van der Waals surface area contributed by atoms with Crippen LogP contribution in [0.3, 0.4) is 0 Å². The maximum absolute atomic E-state index is 12.4. The standard InChI is InChI=1S/C20H17N3O2/c1-23-17-8-7-13(10-15(17)12-19(23)25)11-18(24)22-16-6-2-4-14-5-3-9-21-20(14)16/h2-10H,11-12H2,1H3,(H,22,24). The van der Waals surface area contributed by atoms with Crippen molar-refractivity contribution in [2.45, 2.75) is 12.8 Å². The van der Waals surface area contributed by atoms with Gasteiger partial charge in [-0.3, -0.25) is 14.6 Å². The van der Waals surface area contributed by atoms with Gasteiger partial charge in [0.05, 0.1) is 24.0 Å². The highest BCUT2D eigenvalue weighted by Gasteiger charge is 2.24. The molecule has 1 aromatic heterocycles. The van der Waals surface area contributed by atoms with Crippen LogP contribution in [-0.2, 0) is 22.4 Å². The number of hydrogen-bond donors (Lipinski definition) is 1. The fourth-order valence-electron chi connectivity index (χ4n) is 3.22. The molecule has 4 rings (SSSR count). The number of pyridine rings is 1. The number of fused-ring (bicyclic) bond motifs is 2. The Morgan fingerprint density at radius 1 is 1.20 bits per heavy atom. The molecule has 0 saturated carbocycles. The summed E-state index contributed by atoms with van der Waals surface area (Å²) in [4.78, 5) is 30.2. The topological polar surface area (TPSA) is 62.3 Å². The number of rotatable bonds is 3. The predicted molar refractivity (Wildman–Crippen MR) is 97.6 cm³/mol. The van der Waals surface area contributed by atoms with E-state index in [0.29, 0.717) is 12.1 Å². The van der Waals surface area contributed by atoms with Crippen LogP contribution in [-0.4, -0.2) is 23.8 Å². The summed E-state index contributed by atoms with van der Waals surface area (Å²) in [6, 6.07) is 15.3. The molecule has 1 aliphatic rings. The first kappa shape index (κ1) is 15.3. The summed E-state index contributed by atoms with van der Waals surface area (Å²) in [5.74, 6) is -0.0192. The molecule has 1 aliphatic heterocycles. The van der Waals surface area contributed by atoms with Gasteiger partial charge in [-0.25, -0.2) is 0 Å². The van der Waals surface area contributed by atoms with E-state index in [4.69, 9.17) is 0 Å². The van der Waals surface area contributed by atoms with Crippen LogP contribution < -0.4 is 10.2 Å². The zero-order valence-corrected chi connectivity index (χ0v) is 13.8. The lowest BCUT2D eigenvalue weighted by atomic mass is 10.1. The summed E-state index contributed by atoms with van der Waals surface area (Å²) in [6.07, 6.45) is 2.37. The molecular formula is C20H17N3O2. The lowest BCUT2D eigenvalue weighted by molar-refractivity contribution is -0.117. The van der Waals surface area contributed by atoms with Gasteiger partial charge in [0.25, 0.3) is 0 Å². The first-order valence-corrected chi connectivity index (χ1v) is 8.14. The van der Waals surface area contributed by atoms with E-state index in [1.807, 2.05) is 48.5 Å². The fraction of sp³-hybridized carbons (Fsp3) is 0.150. The van der Waals surface area contributed by atoms with E-state index >= 15 is 0 Å². The number of carbonyl (C=O) groups is 2. The van der Waals surface area contributed by atoms with E-state index in [1.54, 1.807) is 18.1 Å². The molecule has 5 nitrogen and oxygen atoms in total. The fourth-order valence-corrected chi connectivity index (χ4v) is 3.22. The second-order valence-electron chi connectivity index (χ2n) is 6.20. The molecule has 1 N–H and O–H groups in total. The number of hydrogen-bond acceptors (Lipinski definition) is 3. The summed E-state index contributed by atoms with van der Waals surface area (Å²) < 4.78 is 0. The maximum Gasteiger partial charge on any atom is 0.231 e. The van der Waals surface area contributed by atoms with Crippen molar-refractivity contribution < 1.29 is 9.59 Å². The van der Waals surface area contributed by atoms with Gasteiger partial charge >= 0.3 is 0 Å².